The molecule has 88 valence electrons. The average Bonchev–Trinajstić information content (AvgIpc) is 2.36. The van der Waals surface area contributed by atoms with E-state index in [-0.39, 0.29) is 19.1 Å². The number of carbonyl (C=O) groups is 2. The van der Waals surface area contributed by atoms with E-state index in [2.05, 4.69) is 4.74 Å². The van der Waals surface area contributed by atoms with Crippen molar-refractivity contribution >= 4 is 11.9 Å². The lowest BCUT2D eigenvalue weighted by molar-refractivity contribution is -0.163. The fraction of sp³-hybridized carbons (Fsp3) is 0.700. The Hall–Kier alpha value is -1.61. The molecule has 0 aromatic carbocycles. The summed E-state index contributed by atoms with van der Waals surface area (Å²) in [4.78, 5) is 24.4. The Morgan fingerprint density at radius 2 is 2.31 bits per heavy atom. The van der Waals surface area contributed by atoms with Crippen LogP contribution in [-0.4, -0.2) is 49.7 Å². The van der Waals surface area contributed by atoms with Crippen LogP contribution in [0.2, 0.25) is 0 Å². The molecule has 1 amide bonds. The Kier molecular flexibility index (Phi) is 4.26. The summed E-state index contributed by atoms with van der Waals surface area (Å²) < 4.78 is 9.71. The molecular formula is C10H14N2O4. The first-order valence-corrected chi connectivity index (χ1v) is 4.98. The molecule has 0 aromatic rings. The number of rotatable bonds is 2. The summed E-state index contributed by atoms with van der Waals surface area (Å²) in [5.41, 5.74) is 0. The lowest BCUT2D eigenvalue weighted by atomic mass is 10.1. The van der Waals surface area contributed by atoms with Crippen LogP contribution in [0.4, 0.5) is 0 Å². The molecule has 0 bridgehead atoms. The third kappa shape index (κ3) is 2.70. The lowest BCUT2D eigenvalue weighted by Gasteiger charge is -2.32. The molecule has 0 radical (unpaired) electrons. The molecule has 1 fully saturated rings. The highest BCUT2D eigenvalue weighted by atomic mass is 16.6. The number of hydrogen-bond acceptors (Lipinski definition) is 5. The molecule has 2 unspecified atom stereocenters. The van der Waals surface area contributed by atoms with Crippen LogP contribution >= 0.6 is 0 Å². The number of methoxy groups -OCH3 is 1. The van der Waals surface area contributed by atoms with Crippen LogP contribution in [-0.2, 0) is 19.1 Å². The van der Waals surface area contributed by atoms with Gasteiger partial charge >= 0.3 is 5.97 Å². The number of carbonyl (C=O) groups excluding carboxylic acids is 2. The molecule has 1 rings (SSSR count). The first-order chi connectivity index (χ1) is 7.60. The molecule has 1 aliphatic heterocycles. The van der Waals surface area contributed by atoms with Gasteiger partial charge in [-0.2, -0.15) is 5.26 Å². The zero-order valence-corrected chi connectivity index (χ0v) is 9.30. The Balaban J connectivity index is 2.61. The summed E-state index contributed by atoms with van der Waals surface area (Å²) >= 11 is 0. The van der Waals surface area contributed by atoms with Crippen molar-refractivity contribution in [1.82, 2.24) is 4.90 Å². The van der Waals surface area contributed by atoms with Crippen LogP contribution in [0.5, 0.6) is 0 Å². The summed E-state index contributed by atoms with van der Waals surface area (Å²) in [6, 6.07) is 1.87. The van der Waals surface area contributed by atoms with Crippen molar-refractivity contribution in [3.63, 3.8) is 0 Å². The van der Waals surface area contributed by atoms with Crippen LogP contribution in [0.3, 0.4) is 0 Å². The van der Waals surface area contributed by atoms with Gasteiger partial charge in [-0.3, -0.25) is 4.79 Å². The lowest BCUT2D eigenvalue weighted by Crippen LogP contribution is -2.50. The van der Waals surface area contributed by atoms with Gasteiger partial charge in [0.15, 0.2) is 6.10 Å². The van der Waals surface area contributed by atoms with E-state index < -0.39 is 18.0 Å². The Morgan fingerprint density at radius 3 is 2.88 bits per heavy atom. The quantitative estimate of drug-likeness (QED) is 0.595. The fourth-order valence-corrected chi connectivity index (χ4v) is 1.45. The highest BCUT2D eigenvalue weighted by molar-refractivity contribution is 5.82. The summed E-state index contributed by atoms with van der Waals surface area (Å²) in [5, 5.41) is 8.64. The van der Waals surface area contributed by atoms with E-state index in [0.717, 1.165) is 0 Å². The van der Waals surface area contributed by atoms with Crippen LogP contribution in [0.15, 0.2) is 0 Å². The minimum absolute atomic E-state index is 0.150. The van der Waals surface area contributed by atoms with Gasteiger partial charge in [-0.05, 0) is 6.92 Å². The maximum atomic E-state index is 11.7. The number of amides is 1. The zero-order valence-electron chi connectivity index (χ0n) is 9.30. The molecule has 1 saturated heterocycles. The van der Waals surface area contributed by atoms with Gasteiger partial charge < -0.3 is 14.4 Å². The van der Waals surface area contributed by atoms with Crippen LogP contribution in [0.25, 0.3) is 0 Å². The van der Waals surface area contributed by atoms with Crippen LogP contribution in [0.1, 0.15) is 6.92 Å². The smallest absolute Gasteiger partial charge is 0.336 e. The summed E-state index contributed by atoms with van der Waals surface area (Å²) in [5.74, 6) is -1.47. The first-order valence-electron chi connectivity index (χ1n) is 4.98. The van der Waals surface area contributed by atoms with Crippen LogP contribution < -0.4 is 0 Å². The topological polar surface area (TPSA) is 79.6 Å². The van der Waals surface area contributed by atoms with Crippen LogP contribution in [0, 0.1) is 17.2 Å². The van der Waals surface area contributed by atoms with E-state index in [1.807, 2.05) is 6.07 Å². The molecule has 2 atom stereocenters. The SMILES string of the molecule is COC(=O)C1CN(C(=O)C(C)C#N)CCO1. The van der Waals surface area contributed by atoms with Crippen molar-refractivity contribution < 1.29 is 19.1 Å². The van der Waals surface area contributed by atoms with E-state index in [1.54, 1.807) is 0 Å². The molecule has 6 heteroatoms. The van der Waals surface area contributed by atoms with Crippen molar-refractivity contribution in [1.29, 1.82) is 5.26 Å². The molecule has 16 heavy (non-hydrogen) atoms. The molecule has 0 aromatic heterocycles. The van der Waals surface area contributed by atoms with Gasteiger partial charge in [0.2, 0.25) is 5.91 Å². The highest BCUT2D eigenvalue weighted by Gasteiger charge is 2.31. The number of nitrogens with zero attached hydrogens (tertiary/aromatic N) is 2. The van der Waals surface area contributed by atoms with E-state index in [1.165, 1.54) is 18.9 Å². The summed E-state index contributed by atoms with van der Waals surface area (Å²) in [6.45, 7) is 2.37. The van der Waals surface area contributed by atoms with Gasteiger partial charge in [0.25, 0.3) is 0 Å². The predicted octanol–water partition coefficient (Wildman–Crippen LogP) is -0.454. The monoisotopic (exact) mass is 226 g/mol. The van der Waals surface area contributed by atoms with Gasteiger partial charge in [0, 0.05) is 6.54 Å². The second-order valence-corrected chi connectivity index (χ2v) is 3.52. The second-order valence-electron chi connectivity index (χ2n) is 3.52. The molecule has 0 aliphatic carbocycles. The number of esters is 1. The molecular weight excluding hydrogens is 212 g/mol. The second kappa shape index (κ2) is 5.47. The molecule has 6 nitrogen and oxygen atoms in total. The van der Waals surface area contributed by atoms with Crippen molar-refractivity contribution in [3.8, 4) is 6.07 Å². The Morgan fingerprint density at radius 1 is 1.62 bits per heavy atom. The van der Waals surface area contributed by atoms with Gasteiger partial charge in [-0.1, -0.05) is 0 Å². The van der Waals surface area contributed by atoms with E-state index >= 15 is 0 Å². The number of hydrogen-bond donors (Lipinski definition) is 0. The number of ether oxygens (including phenoxy) is 2. The molecule has 0 saturated carbocycles. The van der Waals surface area contributed by atoms with Crippen molar-refractivity contribution in [2.45, 2.75) is 13.0 Å². The van der Waals surface area contributed by atoms with Crippen molar-refractivity contribution in [3.05, 3.63) is 0 Å². The number of morpholine rings is 1. The van der Waals surface area contributed by atoms with Gasteiger partial charge in [-0.25, -0.2) is 4.79 Å². The fourth-order valence-electron chi connectivity index (χ4n) is 1.45. The Labute approximate surface area is 93.7 Å². The largest absolute Gasteiger partial charge is 0.467 e. The normalized spacial score (nSPS) is 22.1. The van der Waals surface area contributed by atoms with Gasteiger partial charge in [-0.15, -0.1) is 0 Å². The molecule has 1 aliphatic rings. The van der Waals surface area contributed by atoms with E-state index in [4.69, 9.17) is 10.00 Å². The van der Waals surface area contributed by atoms with E-state index in [0.29, 0.717) is 6.54 Å². The number of nitriles is 1. The molecule has 0 N–H and O–H groups in total. The molecule has 1 heterocycles. The maximum absolute atomic E-state index is 11.7. The van der Waals surface area contributed by atoms with Crippen molar-refractivity contribution in [2.24, 2.45) is 5.92 Å². The maximum Gasteiger partial charge on any atom is 0.336 e. The van der Waals surface area contributed by atoms with Crippen molar-refractivity contribution in [2.75, 3.05) is 26.8 Å². The minimum atomic E-state index is -0.742. The van der Waals surface area contributed by atoms with E-state index in [9.17, 15) is 9.59 Å². The zero-order chi connectivity index (χ0) is 12.1. The Bertz CT molecular complexity index is 323. The summed E-state index contributed by atoms with van der Waals surface area (Å²) in [6.07, 6.45) is -0.742. The third-order valence-corrected chi connectivity index (χ3v) is 2.41. The average molecular weight is 226 g/mol. The predicted molar refractivity (Wildman–Crippen MR) is 53.1 cm³/mol. The van der Waals surface area contributed by atoms with Gasteiger partial charge in [0.05, 0.1) is 26.3 Å². The minimum Gasteiger partial charge on any atom is -0.467 e. The first kappa shape index (κ1) is 12.5. The third-order valence-electron chi connectivity index (χ3n) is 2.41. The standard InChI is InChI=1S/C10H14N2O4/c1-7(5-11)9(13)12-3-4-16-8(6-12)10(14)15-2/h7-8H,3-4,6H2,1-2H3. The summed E-state index contributed by atoms with van der Waals surface area (Å²) in [7, 11) is 1.27. The highest BCUT2D eigenvalue weighted by Crippen LogP contribution is 2.10. The molecule has 0 spiro atoms. The van der Waals surface area contributed by atoms with Gasteiger partial charge in [0.1, 0.15) is 5.92 Å².